The molecule has 1 atom stereocenters. The number of hydrogen-bond acceptors (Lipinski definition) is 2. The number of aryl methyl sites for hydroxylation is 2. The third-order valence-corrected chi connectivity index (χ3v) is 4.07. The fraction of sp³-hybridized carbons (Fsp3) is 0.562. The first-order valence-corrected chi connectivity index (χ1v) is 6.96. The van der Waals surface area contributed by atoms with E-state index in [-0.39, 0.29) is 17.5 Å². The van der Waals surface area contributed by atoms with Crippen molar-refractivity contribution in [2.75, 3.05) is 6.54 Å². The smallest absolute Gasteiger partial charge is 0.254 e. The van der Waals surface area contributed by atoms with E-state index in [0.29, 0.717) is 0 Å². The van der Waals surface area contributed by atoms with Gasteiger partial charge in [0.2, 0.25) is 0 Å². The van der Waals surface area contributed by atoms with Crippen LogP contribution in [-0.2, 0) is 0 Å². The average molecular weight is 260 g/mol. The van der Waals surface area contributed by atoms with Crippen molar-refractivity contribution in [1.29, 1.82) is 0 Å². The molecule has 0 aliphatic carbocycles. The van der Waals surface area contributed by atoms with Gasteiger partial charge in [0.1, 0.15) is 0 Å². The Hall–Kier alpha value is -1.35. The van der Waals surface area contributed by atoms with Crippen molar-refractivity contribution in [1.82, 2.24) is 4.90 Å². The molecule has 0 radical (unpaired) electrons. The van der Waals surface area contributed by atoms with Gasteiger partial charge in [-0.25, -0.2) is 0 Å². The summed E-state index contributed by atoms with van der Waals surface area (Å²) in [4.78, 5) is 14.7. The number of piperidine rings is 1. The molecule has 0 spiro atoms. The van der Waals surface area contributed by atoms with Crippen molar-refractivity contribution in [2.24, 2.45) is 5.73 Å². The first-order valence-electron chi connectivity index (χ1n) is 6.96. The van der Waals surface area contributed by atoms with E-state index in [2.05, 4.69) is 19.9 Å². The lowest BCUT2D eigenvalue weighted by Gasteiger charge is -2.45. The van der Waals surface area contributed by atoms with Crippen molar-refractivity contribution in [3.05, 3.63) is 34.9 Å². The monoisotopic (exact) mass is 260 g/mol. The van der Waals surface area contributed by atoms with Gasteiger partial charge in [0.15, 0.2) is 0 Å². The first kappa shape index (κ1) is 14.1. The van der Waals surface area contributed by atoms with E-state index in [1.54, 1.807) is 0 Å². The van der Waals surface area contributed by atoms with Crippen LogP contribution in [0.5, 0.6) is 0 Å². The average Bonchev–Trinajstić information content (AvgIpc) is 2.26. The SMILES string of the molecule is Cc1ccc(C(=O)N2CCC(N)CC2(C)C)c(C)c1. The Labute approximate surface area is 115 Å². The molecule has 1 aromatic rings. The normalized spacial score (nSPS) is 22.4. The molecule has 3 heteroatoms. The molecule has 1 unspecified atom stereocenters. The molecule has 1 aliphatic rings. The molecular weight excluding hydrogens is 236 g/mol. The van der Waals surface area contributed by atoms with E-state index >= 15 is 0 Å². The highest BCUT2D eigenvalue weighted by atomic mass is 16.2. The van der Waals surface area contributed by atoms with Crippen molar-refractivity contribution in [3.8, 4) is 0 Å². The fourth-order valence-electron chi connectivity index (χ4n) is 3.03. The Bertz CT molecular complexity index is 494. The van der Waals surface area contributed by atoms with E-state index in [0.717, 1.165) is 30.5 Å². The minimum Gasteiger partial charge on any atom is -0.333 e. The van der Waals surface area contributed by atoms with Crippen LogP contribution in [0, 0.1) is 13.8 Å². The lowest BCUT2D eigenvalue weighted by Crippen LogP contribution is -2.55. The zero-order valence-corrected chi connectivity index (χ0v) is 12.4. The van der Waals surface area contributed by atoms with Crippen LogP contribution in [0.15, 0.2) is 18.2 Å². The number of carbonyl (C=O) groups excluding carboxylic acids is 1. The Morgan fingerprint density at radius 2 is 2.05 bits per heavy atom. The van der Waals surface area contributed by atoms with Crippen LogP contribution in [0.3, 0.4) is 0 Å². The van der Waals surface area contributed by atoms with E-state index in [1.807, 2.05) is 30.9 Å². The quantitative estimate of drug-likeness (QED) is 0.843. The minimum absolute atomic E-state index is 0.134. The molecular formula is C16H24N2O. The van der Waals surface area contributed by atoms with Gasteiger partial charge in [-0.2, -0.15) is 0 Å². The lowest BCUT2D eigenvalue weighted by atomic mass is 9.86. The Morgan fingerprint density at radius 1 is 1.37 bits per heavy atom. The Morgan fingerprint density at radius 3 is 2.63 bits per heavy atom. The van der Waals surface area contributed by atoms with Crippen LogP contribution in [0.4, 0.5) is 0 Å². The molecule has 2 rings (SSSR count). The van der Waals surface area contributed by atoms with Gasteiger partial charge in [-0.1, -0.05) is 17.7 Å². The summed E-state index contributed by atoms with van der Waals surface area (Å²) in [6, 6.07) is 6.22. The summed E-state index contributed by atoms with van der Waals surface area (Å²) in [6.45, 7) is 9.01. The molecule has 0 aromatic heterocycles. The molecule has 1 fully saturated rings. The first-order chi connectivity index (χ1) is 8.81. The second-order valence-electron chi connectivity index (χ2n) is 6.34. The molecule has 2 N–H and O–H groups in total. The van der Waals surface area contributed by atoms with Gasteiger partial charge in [0.25, 0.3) is 5.91 Å². The number of amides is 1. The molecule has 1 amide bonds. The highest BCUT2D eigenvalue weighted by molar-refractivity contribution is 5.96. The summed E-state index contributed by atoms with van der Waals surface area (Å²) in [5.41, 5.74) is 8.92. The standard InChI is InChI=1S/C16H24N2O/c1-11-5-6-14(12(2)9-11)15(19)18-8-7-13(17)10-16(18,3)4/h5-6,9,13H,7-8,10,17H2,1-4H3. The van der Waals surface area contributed by atoms with E-state index in [4.69, 9.17) is 5.73 Å². The minimum atomic E-state index is -0.161. The third kappa shape index (κ3) is 2.81. The molecule has 0 bridgehead atoms. The molecule has 1 aliphatic heterocycles. The number of hydrogen-bond donors (Lipinski definition) is 1. The number of nitrogens with two attached hydrogens (primary N) is 1. The summed E-state index contributed by atoms with van der Waals surface area (Å²) in [7, 11) is 0. The second-order valence-corrected chi connectivity index (χ2v) is 6.34. The van der Waals surface area contributed by atoms with Gasteiger partial charge in [0.05, 0.1) is 0 Å². The van der Waals surface area contributed by atoms with E-state index < -0.39 is 0 Å². The summed E-state index contributed by atoms with van der Waals surface area (Å²) in [6.07, 6.45) is 1.75. The van der Waals surface area contributed by atoms with Crippen LogP contribution >= 0.6 is 0 Å². The predicted octanol–water partition coefficient (Wildman–Crippen LogP) is 2.65. The van der Waals surface area contributed by atoms with Crippen LogP contribution < -0.4 is 5.73 Å². The summed E-state index contributed by atoms with van der Waals surface area (Å²) in [5.74, 6) is 0.134. The van der Waals surface area contributed by atoms with E-state index in [1.165, 1.54) is 5.56 Å². The lowest BCUT2D eigenvalue weighted by molar-refractivity contribution is 0.0400. The molecule has 0 saturated carbocycles. The van der Waals surface area contributed by atoms with Gasteiger partial charge in [-0.05, 0) is 52.2 Å². The van der Waals surface area contributed by atoms with Crippen LogP contribution in [-0.4, -0.2) is 28.9 Å². The molecule has 19 heavy (non-hydrogen) atoms. The number of likely N-dealkylation sites (tertiary alicyclic amines) is 1. The largest absolute Gasteiger partial charge is 0.333 e. The zero-order chi connectivity index (χ0) is 14.2. The number of carbonyl (C=O) groups is 1. The summed E-state index contributed by atoms with van der Waals surface area (Å²) < 4.78 is 0. The third-order valence-electron chi connectivity index (χ3n) is 4.07. The number of nitrogens with zero attached hydrogens (tertiary/aromatic N) is 1. The van der Waals surface area contributed by atoms with Crippen LogP contribution in [0.2, 0.25) is 0 Å². The van der Waals surface area contributed by atoms with Crippen molar-refractivity contribution in [3.63, 3.8) is 0 Å². The van der Waals surface area contributed by atoms with Gasteiger partial charge in [0, 0.05) is 23.7 Å². The molecule has 104 valence electrons. The molecule has 3 nitrogen and oxygen atoms in total. The Balaban J connectivity index is 2.28. The maximum atomic E-state index is 12.7. The highest BCUT2D eigenvalue weighted by Crippen LogP contribution is 2.29. The summed E-state index contributed by atoms with van der Waals surface area (Å²) >= 11 is 0. The molecule has 1 heterocycles. The summed E-state index contributed by atoms with van der Waals surface area (Å²) in [5, 5.41) is 0. The molecule has 1 aromatic carbocycles. The predicted molar refractivity (Wildman–Crippen MR) is 78.2 cm³/mol. The molecule has 1 saturated heterocycles. The highest BCUT2D eigenvalue weighted by Gasteiger charge is 2.36. The fourth-order valence-corrected chi connectivity index (χ4v) is 3.03. The van der Waals surface area contributed by atoms with Gasteiger partial charge >= 0.3 is 0 Å². The Kier molecular flexibility index (Phi) is 3.68. The zero-order valence-electron chi connectivity index (χ0n) is 12.4. The van der Waals surface area contributed by atoms with Crippen molar-refractivity contribution >= 4 is 5.91 Å². The van der Waals surface area contributed by atoms with Gasteiger partial charge in [-0.15, -0.1) is 0 Å². The number of benzene rings is 1. The van der Waals surface area contributed by atoms with Crippen LogP contribution in [0.25, 0.3) is 0 Å². The van der Waals surface area contributed by atoms with Crippen molar-refractivity contribution < 1.29 is 4.79 Å². The number of rotatable bonds is 1. The van der Waals surface area contributed by atoms with Gasteiger partial charge < -0.3 is 10.6 Å². The van der Waals surface area contributed by atoms with Gasteiger partial charge in [-0.3, -0.25) is 4.79 Å². The second kappa shape index (κ2) is 4.97. The maximum Gasteiger partial charge on any atom is 0.254 e. The van der Waals surface area contributed by atoms with Crippen molar-refractivity contribution in [2.45, 2.75) is 52.1 Å². The van der Waals surface area contributed by atoms with Crippen LogP contribution in [0.1, 0.15) is 48.2 Å². The van der Waals surface area contributed by atoms with E-state index in [9.17, 15) is 4.79 Å². The topological polar surface area (TPSA) is 46.3 Å². The maximum absolute atomic E-state index is 12.7.